The van der Waals surface area contributed by atoms with Crippen molar-refractivity contribution in [2.45, 2.75) is 31.2 Å². The first-order chi connectivity index (χ1) is 7.96. The van der Waals surface area contributed by atoms with Gasteiger partial charge >= 0.3 is 6.01 Å². The van der Waals surface area contributed by atoms with Crippen LogP contribution in [0, 0.1) is 0 Å². The Kier molecular flexibility index (Phi) is 3.58. The summed E-state index contributed by atoms with van der Waals surface area (Å²) in [5.41, 5.74) is 0. The fourth-order valence-corrected chi connectivity index (χ4v) is 3.24. The molecule has 0 amide bonds. The molecule has 1 N–H and O–H groups in total. The summed E-state index contributed by atoms with van der Waals surface area (Å²) in [7, 11) is -2.84. The quantitative estimate of drug-likeness (QED) is 0.841. The first-order valence-corrected chi connectivity index (χ1v) is 7.66. The highest BCUT2D eigenvalue weighted by atomic mass is 35.5. The molecular formula is C9H14ClN3O3S. The number of anilines is 1. The Labute approximate surface area is 105 Å². The van der Waals surface area contributed by atoms with Crippen LogP contribution in [0.3, 0.4) is 0 Å². The zero-order chi connectivity index (χ0) is 12.5. The third-order valence-electron chi connectivity index (χ3n) is 2.66. The zero-order valence-electron chi connectivity index (χ0n) is 9.39. The molecule has 0 saturated carbocycles. The van der Waals surface area contributed by atoms with Gasteiger partial charge in [-0.1, -0.05) is 5.10 Å². The maximum absolute atomic E-state index is 11.2. The molecule has 2 rings (SSSR count). The number of halogens is 1. The molecule has 1 saturated heterocycles. The SMILES string of the molecule is CC(Cl)c1nnc(NC2CCS(=O)(=O)CC2)o1. The van der Waals surface area contributed by atoms with Crippen molar-refractivity contribution in [2.24, 2.45) is 0 Å². The summed E-state index contributed by atoms with van der Waals surface area (Å²) in [6, 6.07) is 0.370. The van der Waals surface area contributed by atoms with E-state index in [1.807, 2.05) is 0 Å². The van der Waals surface area contributed by atoms with E-state index in [-0.39, 0.29) is 22.9 Å². The molecule has 96 valence electrons. The summed E-state index contributed by atoms with van der Waals surface area (Å²) >= 11 is 5.79. The maximum Gasteiger partial charge on any atom is 0.315 e. The average Bonchev–Trinajstić information content (AvgIpc) is 2.70. The molecule has 1 aromatic heterocycles. The molecule has 1 aliphatic heterocycles. The number of alkyl halides is 1. The molecule has 0 bridgehead atoms. The lowest BCUT2D eigenvalue weighted by Gasteiger charge is -2.21. The van der Waals surface area contributed by atoms with Gasteiger partial charge in [-0.3, -0.25) is 0 Å². The lowest BCUT2D eigenvalue weighted by Crippen LogP contribution is -2.32. The first-order valence-electron chi connectivity index (χ1n) is 5.41. The molecule has 8 heteroatoms. The molecule has 0 radical (unpaired) electrons. The molecule has 1 unspecified atom stereocenters. The summed E-state index contributed by atoms with van der Waals surface area (Å²) in [5, 5.41) is 10.3. The predicted molar refractivity (Wildman–Crippen MR) is 63.9 cm³/mol. The van der Waals surface area contributed by atoms with E-state index >= 15 is 0 Å². The summed E-state index contributed by atoms with van der Waals surface area (Å²) in [5.74, 6) is 0.771. The van der Waals surface area contributed by atoms with E-state index in [2.05, 4.69) is 15.5 Å². The van der Waals surface area contributed by atoms with Gasteiger partial charge in [0.05, 0.1) is 11.5 Å². The largest absolute Gasteiger partial charge is 0.406 e. The van der Waals surface area contributed by atoms with Gasteiger partial charge in [0.1, 0.15) is 15.2 Å². The Hall–Kier alpha value is -0.820. The van der Waals surface area contributed by atoms with Crippen LogP contribution in [-0.4, -0.2) is 36.2 Å². The zero-order valence-corrected chi connectivity index (χ0v) is 11.0. The Morgan fingerprint density at radius 3 is 2.59 bits per heavy atom. The number of nitrogens with zero attached hydrogens (tertiary/aromatic N) is 2. The van der Waals surface area contributed by atoms with Crippen molar-refractivity contribution in [1.82, 2.24) is 10.2 Å². The molecule has 17 heavy (non-hydrogen) atoms. The number of hydrogen-bond acceptors (Lipinski definition) is 6. The number of sulfone groups is 1. The van der Waals surface area contributed by atoms with Crippen molar-refractivity contribution in [3.8, 4) is 0 Å². The van der Waals surface area contributed by atoms with Gasteiger partial charge in [0.25, 0.3) is 0 Å². The fraction of sp³-hybridized carbons (Fsp3) is 0.778. The topological polar surface area (TPSA) is 85.1 Å². The molecule has 1 aliphatic rings. The van der Waals surface area contributed by atoms with Crippen molar-refractivity contribution >= 4 is 27.5 Å². The lowest BCUT2D eigenvalue weighted by atomic mass is 10.2. The minimum Gasteiger partial charge on any atom is -0.406 e. The van der Waals surface area contributed by atoms with E-state index in [1.54, 1.807) is 6.92 Å². The molecule has 2 heterocycles. The molecule has 0 spiro atoms. The lowest BCUT2D eigenvalue weighted by molar-refractivity contribution is 0.491. The van der Waals surface area contributed by atoms with E-state index in [0.29, 0.717) is 24.7 Å². The van der Waals surface area contributed by atoms with Gasteiger partial charge in [0, 0.05) is 6.04 Å². The smallest absolute Gasteiger partial charge is 0.315 e. The second-order valence-electron chi connectivity index (χ2n) is 4.13. The summed E-state index contributed by atoms with van der Waals surface area (Å²) in [4.78, 5) is 0. The molecule has 0 aromatic carbocycles. The van der Waals surface area contributed by atoms with Gasteiger partial charge in [-0.05, 0) is 19.8 Å². The van der Waals surface area contributed by atoms with Gasteiger partial charge in [-0.2, -0.15) is 0 Å². The minimum atomic E-state index is -2.84. The van der Waals surface area contributed by atoms with Crippen molar-refractivity contribution in [1.29, 1.82) is 0 Å². The van der Waals surface area contributed by atoms with Gasteiger partial charge in [0.2, 0.25) is 5.89 Å². The molecular weight excluding hydrogens is 266 g/mol. The second kappa shape index (κ2) is 4.81. The Morgan fingerprint density at radius 1 is 1.41 bits per heavy atom. The number of nitrogens with one attached hydrogen (secondary N) is 1. The monoisotopic (exact) mass is 279 g/mol. The third kappa shape index (κ3) is 3.32. The molecule has 1 atom stereocenters. The van der Waals surface area contributed by atoms with Crippen molar-refractivity contribution in [3.05, 3.63) is 5.89 Å². The molecule has 1 fully saturated rings. The van der Waals surface area contributed by atoms with E-state index in [4.69, 9.17) is 16.0 Å². The highest BCUT2D eigenvalue weighted by molar-refractivity contribution is 7.91. The van der Waals surface area contributed by atoms with Gasteiger partial charge in [-0.15, -0.1) is 16.7 Å². The molecule has 1 aromatic rings. The van der Waals surface area contributed by atoms with Crippen LogP contribution in [-0.2, 0) is 9.84 Å². The van der Waals surface area contributed by atoms with E-state index in [0.717, 1.165) is 0 Å². The standard InChI is InChI=1S/C9H14ClN3O3S/c1-6(10)8-12-13-9(16-8)11-7-2-4-17(14,15)5-3-7/h6-7H,2-5H2,1H3,(H,11,13). The van der Waals surface area contributed by atoms with Crippen LogP contribution < -0.4 is 5.32 Å². The van der Waals surface area contributed by atoms with Gasteiger partial charge < -0.3 is 9.73 Å². The normalized spacial score (nSPS) is 22.2. The highest BCUT2D eigenvalue weighted by Gasteiger charge is 2.24. The highest BCUT2D eigenvalue weighted by Crippen LogP contribution is 2.21. The predicted octanol–water partition coefficient (Wildman–Crippen LogP) is 1.36. The van der Waals surface area contributed by atoms with Crippen molar-refractivity contribution in [3.63, 3.8) is 0 Å². The molecule has 6 nitrogen and oxygen atoms in total. The summed E-state index contributed by atoms with van der Waals surface area (Å²) in [6.07, 6.45) is 1.13. The van der Waals surface area contributed by atoms with Crippen LogP contribution in [0.1, 0.15) is 31.0 Å². The third-order valence-corrected chi connectivity index (χ3v) is 4.57. The van der Waals surface area contributed by atoms with Gasteiger partial charge in [-0.25, -0.2) is 8.42 Å². The summed E-state index contributed by atoms with van der Waals surface area (Å²) < 4.78 is 27.8. The Balaban J connectivity index is 1.93. The van der Waals surface area contributed by atoms with Crippen LogP contribution in [0.15, 0.2) is 4.42 Å². The van der Waals surface area contributed by atoms with Crippen LogP contribution in [0.5, 0.6) is 0 Å². The minimum absolute atomic E-state index is 0.0671. The van der Waals surface area contributed by atoms with E-state index in [1.165, 1.54) is 0 Å². The Morgan fingerprint density at radius 2 is 2.06 bits per heavy atom. The Bertz CT molecular complexity index is 471. The fourth-order valence-electron chi connectivity index (χ4n) is 1.66. The maximum atomic E-state index is 11.2. The van der Waals surface area contributed by atoms with Crippen LogP contribution in [0.4, 0.5) is 6.01 Å². The number of aromatic nitrogens is 2. The van der Waals surface area contributed by atoms with Gasteiger partial charge in [0.15, 0.2) is 0 Å². The van der Waals surface area contributed by atoms with Crippen LogP contribution in [0.25, 0.3) is 0 Å². The van der Waals surface area contributed by atoms with E-state index in [9.17, 15) is 8.42 Å². The van der Waals surface area contributed by atoms with Crippen molar-refractivity contribution < 1.29 is 12.8 Å². The number of hydrogen-bond donors (Lipinski definition) is 1. The average molecular weight is 280 g/mol. The van der Waals surface area contributed by atoms with Crippen LogP contribution in [0.2, 0.25) is 0 Å². The second-order valence-corrected chi connectivity index (χ2v) is 7.09. The summed E-state index contributed by atoms with van der Waals surface area (Å²) in [6.45, 7) is 1.74. The number of rotatable bonds is 3. The van der Waals surface area contributed by atoms with E-state index < -0.39 is 9.84 Å². The molecule has 0 aliphatic carbocycles. The van der Waals surface area contributed by atoms with Crippen LogP contribution >= 0.6 is 11.6 Å². The van der Waals surface area contributed by atoms with Crippen molar-refractivity contribution in [2.75, 3.05) is 16.8 Å². The first kappa shape index (κ1) is 12.6.